The molecule has 0 atom stereocenters. The number of aryl methyl sites for hydroxylation is 1. The fraction of sp³-hybridized carbons (Fsp3) is 0.167. The summed E-state index contributed by atoms with van der Waals surface area (Å²) in [7, 11) is 0. The van der Waals surface area contributed by atoms with Crippen LogP contribution in [-0.4, -0.2) is 9.97 Å². The quantitative estimate of drug-likeness (QED) is 0.681. The number of aromatic nitrogens is 2. The molecule has 0 N–H and O–H groups in total. The maximum atomic E-state index is 4.24. The van der Waals surface area contributed by atoms with Crippen molar-refractivity contribution >= 4 is 0 Å². The average Bonchev–Trinajstić information content (AvgIpc) is 2.23. The molecule has 14 heavy (non-hydrogen) atoms. The number of hydrogen-bond donors (Lipinski definition) is 0. The minimum atomic E-state index is 0.800. The minimum absolute atomic E-state index is 0.800. The molecule has 0 fully saturated rings. The van der Waals surface area contributed by atoms with E-state index in [1.807, 2.05) is 12.1 Å². The van der Waals surface area contributed by atoms with Crippen molar-refractivity contribution < 1.29 is 0 Å². The van der Waals surface area contributed by atoms with E-state index in [-0.39, 0.29) is 0 Å². The number of nitrogens with zero attached hydrogens (tertiary/aromatic N) is 2. The van der Waals surface area contributed by atoms with Crippen LogP contribution in [0.1, 0.15) is 11.1 Å². The molecular formula is C12H12N2. The molecule has 0 aliphatic heterocycles. The molecule has 0 unspecified atom stereocenters. The van der Waals surface area contributed by atoms with Crippen LogP contribution >= 0.6 is 0 Å². The maximum Gasteiger partial charge on any atom is 0.159 e. The van der Waals surface area contributed by atoms with Crippen LogP contribution in [0.2, 0.25) is 0 Å². The fourth-order valence-corrected chi connectivity index (χ4v) is 1.43. The number of hydrogen-bond acceptors (Lipinski definition) is 2. The van der Waals surface area contributed by atoms with E-state index in [1.54, 1.807) is 12.4 Å². The minimum Gasteiger partial charge on any atom is -0.237 e. The van der Waals surface area contributed by atoms with Crippen molar-refractivity contribution in [2.75, 3.05) is 0 Å². The van der Waals surface area contributed by atoms with Gasteiger partial charge < -0.3 is 0 Å². The van der Waals surface area contributed by atoms with Crippen molar-refractivity contribution in [3.63, 3.8) is 0 Å². The Balaban J connectivity index is 2.58. The van der Waals surface area contributed by atoms with Gasteiger partial charge >= 0.3 is 0 Å². The Morgan fingerprint density at radius 3 is 2.36 bits per heavy atom. The van der Waals surface area contributed by atoms with Gasteiger partial charge in [-0.1, -0.05) is 18.2 Å². The lowest BCUT2D eigenvalue weighted by Crippen LogP contribution is -1.91. The summed E-state index contributed by atoms with van der Waals surface area (Å²) >= 11 is 0. The second kappa shape index (κ2) is 3.58. The summed E-state index contributed by atoms with van der Waals surface area (Å²) < 4.78 is 0. The molecule has 0 radical (unpaired) electrons. The summed E-state index contributed by atoms with van der Waals surface area (Å²) in [6, 6.07) is 8.02. The molecule has 0 amide bonds. The molecule has 2 aromatic rings. The Hall–Kier alpha value is -1.70. The first-order valence-corrected chi connectivity index (χ1v) is 4.62. The summed E-state index contributed by atoms with van der Waals surface area (Å²) in [5, 5.41) is 0. The van der Waals surface area contributed by atoms with Crippen LogP contribution in [0.4, 0.5) is 0 Å². The normalized spacial score (nSPS) is 10.1. The molecule has 0 aliphatic rings. The van der Waals surface area contributed by atoms with Crippen LogP contribution in [0.3, 0.4) is 0 Å². The second-order valence-electron chi connectivity index (χ2n) is 3.32. The lowest BCUT2D eigenvalue weighted by molar-refractivity contribution is 1.16. The van der Waals surface area contributed by atoms with E-state index < -0.39 is 0 Å². The third-order valence-corrected chi connectivity index (χ3v) is 2.41. The van der Waals surface area contributed by atoms with Gasteiger partial charge in [-0.25, -0.2) is 9.97 Å². The molecule has 70 valence electrons. The van der Waals surface area contributed by atoms with Gasteiger partial charge in [-0.2, -0.15) is 0 Å². The van der Waals surface area contributed by atoms with Gasteiger partial charge in [0.25, 0.3) is 0 Å². The van der Waals surface area contributed by atoms with E-state index in [1.165, 1.54) is 11.1 Å². The van der Waals surface area contributed by atoms with Crippen molar-refractivity contribution in [1.82, 2.24) is 9.97 Å². The molecule has 2 rings (SSSR count). The highest BCUT2D eigenvalue weighted by atomic mass is 14.8. The number of benzene rings is 1. The Morgan fingerprint density at radius 1 is 0.929 bits per heavy atom. The molecule has 1 aromatic carbocycles. The molecule has 1 aromatic heterocycles. The molecule has 2 heteroatoms. The van der Waals surface area contributed by atoms with E-state index in [2.05, 4.69) is 35.9 Å². The van der Waals surface area contributed by atoms with Gasteiger partial charge in [-0.15, -0.1) is 0 Å². The van der Waals surface area contributed by atoms with Crippen LogP contribution in [-0.2, 0) is 0 Å². The molecule has 0 aliphatic carbocycles. The van der Waals surface area contributed by atoms with Crippen molar-refractivity contribution in [3.8, 4) is 11.4 Å². The summed E-state index contributed by atoms with van der Waals surface area (Å²) in [6.07, 6.45) is 3.54. The Morgan fingerprint density at radius 2 is 1.64 bits per heavy atom. The first kappa shape index (κ1) is 8.88. The monoisotopic (exact) mass is 184 g/mol. The summed E-state index contributed by atoms with van der Waals surface area (Å²) in [5.41, 5.74) is 3.64. The average molecular weight is 184 g/mol. The second-order valence-corrected chi connectivity index (χ2v) is 3.32. The number of rotatable bonds is 1. The van der Waals surface area contributed by atoms with Crippen LogP contribution in [0.5, 0.6) is 0 Å². The largest absolute Gasteiger partial charge is 0.237 e. The predicted octanol–water partition coefficient (Wildman–Crippen LogP) is 2.76. The zero-order chi connectivity index (χ0) is 9.97. The van der Waals surface area contributed by atoms with E-state index >= 15 is 0 Å². The Bertz CT molecular complexity index is 435. The van der Waals surface area contributed by atoms with Crippen molar-refractivity contribution in [3.05, 3.63) is 47.8 Å². The van der Waals surface area contributed by atoms with Gasteiger partial charge in [0.15, 0.2) is 5.82 Å². The summed E-state index contributed by atoms with van der Waals surface area (Å²) in [6.45, 7) is 4.20. The van der Waals surface area contributed by atoms with Gasteiger partial charge in [0.05, 0.1) is 0 Å². The summed E-state index contributed by atoms with van der Waals surface area (Å²) in [5.74, 6) is 0.800. The SMILES string of the molecule is Cc1cccc(-c2ncccn2)c1C. The first-order chi connectivity index (χ1) is 6.79. The third kappa shape index (κ3) is 1.51. The predicted molar refractivity (Wildman–Crippen MR) is 56.9 cm³/mol. The molecule has 1 heterocycles. The first-order valence-electron chi connectivity index (χ1n) is 4.62. The molecule has 0 saturated heterocycles. The standard InChI is InChI=1S/C12H12N2/c1-9-5-3-6-11(10(9)2)12-13-7-4-8-14-12/h3-8H,1-2H3. The fourth-order valence-electron chi connectivity index (χ4n) is 1.43. The Labute approximate surface area is 83.7 Å². The molecular weight excluding hydrogens is 172 g/mol. The van der Waals surface area contributed by atoms with Gasteiger partial charge in [0.1, 0.15) is 0 Å². The highest BCUT2D eigenvalue weighted by Gasteiger charge is 2.04. The molecule has 0 saturated carbocycles. The molecule has 2 nitrogen and oxygen atoms in total. The van der Waals surface area contributed by atoms with Gasteiger partial charge in [0.2, 0.25) is 0 Å². The Kier molecular flexibility index (Phi) is 2.27. The van der Waals surface area contributed by atoms with Crippen molar-refractivity contribution in [2.45, 2.75) is 13.8 Å². The van der Waals surface area contributed by atoms with Gasteiger partial charge in [-0.05, 0) is 31.0 Å². The van der Waals surface area contributed by atoms with Gasteiger partial charge in [-0.3, -0.25) is 0 Å². The summed E-state index contributed by atoms with van der Waals surface area (Å²) in [4.78, 5) is 8.48. The van der Waals surface area contributed by atoms with Crippen LogP contribution in [0.25, 0.3) is 11.4 Å². The molecule has 0 bridgehead atoms. The highest BCUT2D eigenvalue weighted by molar-refractivity contribution is 5.61. The molecule has 0 spiro atoms. The lowest BCUT2D eigenvalue weighted by atomic mass is 10.0. The lowest BCUT2D eigenvalue weighted by Gasteiger charge is -2.05. The maximum absolute atomic E-state index is 4.24. The van der Waals surface area contributed by atoms with Crippen LogP contribution in [0, 0.1) is 13.8 Å². The van der Waals surface area contributed by atoms with Crippen molar-refractivity contribution in [1.29, 1.82) is 0 Å². The third-order valence-electron chi connectivity index (χ3n) is 2.41. The zero-order valence-corrected chi connectivity index (χ0v) is 8.36. The van der Waals surface area contributed by atoms with E-state index in [0.717, 1.165) is 11.4 Å². The van der Waals surface area contributed by atoms with Gasteiger partial charge in [0, 0.05) is 18.0 Å². The van der Waals surface area contributed by atoms with Crippen LogP contribution < -0.4 is 0 Å². The topological polar surface area (TPSA) is 25.8 Å². The highest BCUT2D eigenvalue weighted by Crippen LogP contribution is 2.21. The van der Waals surface area contributed by atoms with Crippen LogP contribution in [0.15, 0.2) is 36.7 Å². The smallest absolute Gasteiger partial charge is 0.159 e. The van der Waals surface area contributed by atoms with E-state index in [9.17, 15) is 0 Å². The van der Waals surface area contributed by atoms with E-state index in [4.69, 9.17) is 0 Å². The van der Waals surface area contributed by atoms with Crippen molar-refractivity contribution in [2.24, 2.45) is 0 Å². The zero-order valence-electron chi connectivity index (χ0n) is 8.36. The van der Waals surface area contributed by atoms with E-state index in [0.29, 0.717) is 0 Å².